The number of hydrogen-bond acceptors (Lipinski definition) is 4. The highest BCUT2D eigenvalue weighted by molar-refractivity contribution is 5.85. The van der Waals surface area contributed by atoms with E-state index in [1.807, 2.05) is 0 Å². The van der Waals surface area contributed by atoms with E-state index in [2.05, 4.69) is 62.0 Å². The van der Waals surface area contributed by atoms with Gasteiger partial charge in [-0.15, -0.1) is 0 Å². The van der Waals surface area contributed by atoms with E-state index in [9.17, 15) is 20.1 Å². The Kier molecular flexibility index (Phi) is 5.96. The minimum absolute atomic E-state index is 0.0501. The van der Waals surface area contributed by atoms with Gasteiger partial charge in [0.05, 0.1) is 17.5 Å². The van der Waals surface area contributed by atoms with Gasteiger partial charge in [-0.25, -0.2) is 4.79 Å². The van der Waals surface area contributed by atoms with Crippen molar-refractivity contribution in [2.24, 2.45) is 45.3 Å². The van der Waals surface area contributed by atoms with Gasteiger partial charge in [-0.2, -0.15) is 0 Å². The molecule has 5 heteroatoms. The van der Waals surface area contributed by atoms with Crippen molar-refractivity contribution in [1.29, 1.82) is 0 Å². The predicted octanol–water partition coefficient (Wildman–Crippen LogP) is 8.13. The molecule has 0 amide bonds. The van der Waals surface area contributed by atoms with Crippen LogP contribution in [0, 0.1) is 45.3 Å². The second-order valence-corrected chi connectivity index (χ2v) is 15.8. The number of allylic oxidation sites excluding steroid dienone is 3. The number of aliphatic carboxylic acids is 1. The highest BCUT2D eigenvalue weighted by Gasteiger charge is 2.72. The minimum Gasteiger partial charge on any atom is -0.516 e. The van der Waals surface area contributed by atoms with Crippen LogP contribution in [0.25, 0.3) is 0 Å². The molecule has 0 aromatic rings. The molecule has 1 heterocycles. The summed E-state index contributed by atoms with van der Waals surface area (Å²) < 4.78 is 6.89. The summed E-state index contributed by atoms with van der Waals surface area (Å²) in [5.74, 6) is -0.867. The largest absolute Gasteiger partial charge is 0.516 e. The van der Waals surface area contributed by atoms with Gasteiger partial charge in [0.1, 0.15) is 0 Å². The van der Waals surface area contributed by atoms with Gasteiger partial charge in [0.25, 0.3) is 0 Å². The molecular formula is C33H50O5. The van der Waals surface area contributed by atoms with Crippen molar-refractivity contribution in [1.82, 2.24) is 0 Å². The van der Waals surface area contributed by atoms with E-state index < -0.39 is 17.1 Å². The molecule has 8 atom stereocenters. The highest BCUT2D eigenvalue weighted by Crippen LogP contribution is 2.79. The smallest absolute Gasteiger partial charge is 0.370 e. The Morgan fingerprint density at radius 3 is 2.21 bits per heavy atom. The lowest BCUT2D eigenvalue weighted by atomic mass is 9.37. The van der Waals surface area contributed by atoms with Crippen molar-refractivity contribution in [2.45, 2.75) is 118 Å². The Hall–Kier alpha value is -1.75. The number of aliphatic hydroxyl groups is 2. The lowest BCUT2D eigenvalue weighted by molar-refractivity contribution is -0.205. The van der Waals surface area contributed by atoms with E-state index in [1.165, 1.54) is 11.8 Å². The highest BCUT2D eigenvalue weighted by atomic mass is 16.5. The number of fused-ring (bicyclic) bond motifs is 5. The minimum atomic E-state index is -1.25. The number of carboxylic acid groups (broad SMARTS) is 1. The molecular weight excluding hydrogens is 476 g/mol. The van der Waals surface area contributed by atoms with Crippen molar-refractivity contribution < 1.29 is 24.9 Å². The molecule has 4 aliphatic carbocycles. The van der Waals surface area contributed by atoms with Crippen LogP contribution in [-0.4, -0.2) is 32.5 Å². The third-order valence-electron chi connectivity index (χ3n) is 12.9. The summed E-state index contributed by atoms with van der Waals surface area (Å²) in [7, 11) is 0. The van der Waals surface area contributed by atoms with Crippen molar-refractivity contribution in [3.8, 4) is 0 Å². The van der Waals surface area contributed by atoms with Gasteiger partial charge in [-0.05, 0) is 129 Å². The first-order chi connectivity index (χ1) is 17.4. The van der Waals surface area contributed by atoms with Gasteiger partial charge in [0.2, 0.25) is 5.76 Å². The van der Waals surface area contributed by atoms with Gasteiger partial charge in [-0.3, -0.25) is 0 Å². The molecule has 4 saturated carbocycles. The van der Waals surface area contributed by atoms with Crippen LogP contribution < -0.4 is 0 Å². The van der Waals surface area contributed by atoms with Crippen LogP contribution in [0.4, 0.5) is 0 Å². The number of hydrogen-bond donors (Lipinski definition) is 3. The molecule has 5 nitrogen and oxygen atoms in total. The van der Waals surface area contributed by atoms with Crippen LogP contribution in [0.3, 0.4) is 0 Å². The van der Waals surface area contributed by atoms with Crippen molar-refractivity contribution in [2.75, 3.05) is 0 Å². The van der Waals surface area contributed by atoms with Crippen LogP contribution in [-0.2, 0) is 9.53 Å². The third-order valence-corrected chi connectivity index (χ3v) is 12.9. The maximum atomic E-state index is 11.9. The van der Waals surface area contributed by atoms with E-state index in [4.69, 9.17) is 4.74 Å². The van der Waals surface area contributed by atoms with Gasteiger partial charge < -0.3 is 20.1 Å². The quantitative estimate of drug-likeness (QED) is 0.192. The van der Waals surface area contributed by atoms with Crippen LogP contribution in [0.5, 0.6) is 0 Å². The van der Waals surface area contributed by atoms with Crippen molar-refractivity contribution in [3.05, 3.63) is 35.3 Å². The topological polar surface area (TPSA) is 87.0 Å². The predicted molar refractivity (Wildman–Crippen MR) is 150 cm³/mol. The number of carbonyl (C=O) groups is 1. The number of aliphatic hydroxyl groups excluding tert-OH is 2. The lowest BCUT2D eigenvalue weighted by Gasteiger charge is -2.67. The fraction of sp³-hybridized carbons (Fsp3) is 0.788. The molecule has 212 valence electrons. The molecule has 5 aliphatic rings. The van der Waals surface area contributed by atoms with Gasteiger partial charge >= 0.3 is 5.97 Å². The molecule has 0 radical (unpaired) electrons. The molecule has 0 bridgehead atoms. The second kappa shape index (κ2) is 8.15. The molecule has 3 unspecified atom stereocenters. The Balaban J connectivity index is 1.62. The first-order valence-electron chi connectivity index (χ1n) is 14.7. The van der Waals surface area contributed by atoms with Gasteiger partial charge in [0.15, 0.2) is 0 Å². The molecule has 1 saturated heterocycles. The number of ether oxygens (including phenoxy) is 1. The molecule has 3 N–H and O–H groups in total. The zero-order chi connectivity index (χ0) is 28.3. The van der Waals surface area contributed by atoms with Gasteiger partial charge in [-0.1, -0.05) is 46.8 Å². The molecule has 5 rings (SSSR count). The molecule has 0 aromatic heterocycles. The van der Waals surface area contributed by atoms with Crippen LogP contribution >= 0.6 is 0 Å². The summed E-state index contributed by atoms with van der Waals surface area (Å²) in [6.45, 7) is 22.8. The summed E-state index contributed by atoms with van der Waals surface area (Å²) >= 11 is 0. The van der Waals surface area contributed by atoms with Gasteiger partial charge in [0, 0.05) is 0 Å². The molecule has 0 spiro atoms. The Morgan fingerprint density at radius 1 is 0.974 bits per heavy atom. The van der Waals surface area contributed by atoms with E-state index >= 15 is 0 Å². The van der Waals surface area contributed by atoms with Crippen LogP contribution in [0.15, 0.2) is 35.3 Å². The summed E-state index contributed by atoms with van der Waals surface area (Å²) in [5, 5.41) is 31.2. The van der Waals surface area contributed by atoms with E-state index in [0.29, 0.717) is 17.9 Å². The fourth-order valence-corrected chi connectivity index (χ4v) is 11.6. The summed E-state index contributed by atoms with van der Waals surface area (Å²) in [4.78, 5) is 11.9. The normalized spacial score (nSPS) is 49.8. The van der Waals surface area contributed by atoms with Crippen LogP contribution in [0.1, 0.15) is 107 Å². The molecule has 38 heavy (non-hydrogen) atoms. The number of carboxylic acids is 1. The zero-order valence-corrected chi connectivity index (χ0v) is 24.9. The fourth-order valence-electron chi connectivity index (χ4n) is 11.6. The number of rotatable bonds is 2. The Bertz CT molecular complexity index is 1130. The zero-order valence-electron chi connectivity index (χ0n) is 24.9. The monoisotopic (exact) mass is 526 g/mol. The van der Waals surface area contributed by atoms with E-state index in [-0.39, 0.29) is 45.2 Å². The van der Waals surface area contributed by atoms with Crippen molar-refractivity contribution in [3.63, 3.8) is 0 Å². The first-order valence-corrected chi connectivity index (χ1v) is 14.7. The SMILES string of the molecule is C=C1C[C@]2(C)C(C/C(=C\O)C3[C@@H]([C@@]4(C)CCCC(C)(C)O4)CC[C@]32C)[C@@]2(C)C/C(=C(/O)C(=O)O)C(C)(C)C12. The average molecular weight is 527 g/mol. The molecule has 5 fully saturated rings. The standard InChI is InChI=1S/C33H50O5/c1-19-16-32(8)23(30(6)17-22(25(35)27(36)37)29(4,5)26(19)30)15-20(18-34)24-21(11-14-31(24,32)7)33(9)13-10-12-28(2,3)38-33/h18,21,23-24,26,34-35H,1,10-17H2,2-9H3,(H,36,37)/b20-18+,25-22-/t21-,23?,24?,26?,30+,31+,32+,33+/m0/s1. The van der Waals surface area contributed by atoms with Crippen LogP contribution in [0.2, 0.25) is 0 Å². The Labute approximate surface area is 229 Å². The summed E-state index contributed by atoms with van der Waals surface area (Å²) in [5.41, 5.74) is 1.72. The molecule has 0 aromatic carbocycles. The van der Waals surface area contributed by atoms with Crippen molar-refractivity contribution >= 4 is 5.97 Å². The Morgan fingerprint density at radius 2 is 1.63 bits per heavy atom. The maximum absolute atomic E-state index is 11.9. The summed E-state index contributed by atoms with van der Waals surface area (Å²) in [6.07, 6.45) is 9.08. The van der Waals surface area contributed by atoms with E-state index in [0.717, 1.165) is 50.5 Å². The summed E-state index contributed by atoms with van der Waals surface area (Å²) in [6, 6.07) is 0. The second-order valence-electron chi connectivity index (χ2n) is 15.8. The van der Waals surface area contributed by atoms with E-state index in [1.54, 1.807) is 0 Å². The first kappa shape index (κ1) is 27.8. The lowest BCUT2D eigenvalue weighted by Crippen LogP contribution is -2.61. The molecule has 1 aliphatic heterocycles. The maximum Gasteiger partial charge on any atom is 0.370 e. The third kappa shape index (κ3) is 3.42. The average Bonchev–Trinajstić information content (AvgIpc) is 3.26.